The number of hydrogen-bond donors (Lipinski definition) is 1. The van der Waals surface area contributed by atoms with Crippen LogP contribution in [-0.4, -0.2) is 49.3 Å². The van der Waals surface area contributed by atoms with Gasteiger partial charge in [-0.25, -0.2) is 18.2 Å². The van der Waals surface area contributed by atoms with Crippen LogP contribution in [0.5, 0.6) is 0 Å². The number of sulfonamides is 1. The van der Waals surface area contributed by atoms with Crippen molar-refractivity contribution in [3.05, 3.63) is 40.9 Å². The molecule has 2 aromatic rings. The summed E-state index contributed by atoms with van der Waals surface area (Å²) >= 11 is 1.07. The molecule has 146 valence electrons. The highest BCUT2D eigenvalue weighted by Gasteiger charge is 2.24. The summed E-state index contributed by atoms with van der Waals surface area (Å²) in [4.78, 5) is 28.1. The third-order valence-corrected chi connectivity index (χ3v) is 6.50. The van der Waals surface area contributed by atoms with Crippen LogP contribution in [0.1, 0.15) is 41.6 Å². The lowest BCUT2D eigenvalue weighted by atomic mass is 10.2. The van der Waals surface area contributed by atoms with Gasteiger partial charge in [-0.15, -0.1) is 11.3 Å². The number of rotatable bonds is 7. The second-order valence-corrected chi connectivity index (χ2v) is 8.71. The molecule has 0 aliphatic heterocycles. The van der Waals surface area contributed by atoms with Crippen LogP contribution in [0.25, 0.3) is 0 Å². The summed E-state index contributed by atoms with van der Waals surface area (Å²) in [7, 11) is -2.22. The highest BCUT2D eigenvalue weighted by molar-refractivity contribution is 7.89. The molecule has 0 fully saturated rings. The van der Waals surface area contributed by atoms with Crippen LogP contribution in [0, 0.1) is 0 Å². The van der Waals surface area contributed by atoms with E-state index in [9.17, 15) is 18.0 Å². The number of benzene rings is 1. The third-order valence-electron chi connectivity index (χ3n) is 3.71. The molecule has 0 aliphatic carbocycles. The summed E-state index contributed by atoms with van der Waals surface area (Å²) in [5.74, 6) is -1.09. The number of nitrogens with zero attached hydrogens (tertiary/aromatic N) is 2. The van der Waals surface area contributed by atoms with Gasteiger partial charge in [-0.1, -0.05) is 6.07 Å². The Labute approximate surface area is 162 Å². The SMILES string of the molecule is CCOC(=O)c1csc(NC(=O)c2cccc(S(=O)(=O)N(C)C(C)C)c2)n1. The summed E-state index contributed by atoms with van der Waals surface area (Å²) < 4.78 is 31.2. The van der Waals surface area contributed by atoms with Gasteiger partial charge < -0.3 is 4.74 Å². The van der Waals surface area contributed by atoms with E-state index >= 15 is 0 Å². The molecule has 2 rings (SSSR count). The summed E-state index contributed by atoms with van der Waals surface area (Å²) in [6, 6.07) is 5.53. The average molecular weight is 412 g/mol. The monoisotopic (exact) mass is 411 g/mol. The van der Waals surface area contributed by atoms with Gasteiger partial charge in [0.1, 0.15) is 0 Å². The molecule has 10 heteroatoms. The minimum atomic E-state index is -3.70. The first kappa shape index (κ1) is 21.0. The second-order valence-electron chi connectivity index (χ2n) is 5.86. The maximum Gasteiger partial charge on any atom is 0.357 e. The minimum absolute atomic E-state index is 0.0256. The van der Waals surface area contributed by atoms with Gasteiger partial charge in [-0.3, -0.25) is 10.1 Å². The zero-order valence-corrected chi connectivity index (χ0v) is 17.1. The number of aromatic nitrogens is 1. The Morgan fingerprint density at radius 1 is 1.33 bits per heavy atom. The lowest BCUT2D eigenvalue weighted by Gasteiger charge is -2.21. The zero-order chi connectivity index (χ0) is 20.2. The van der Waals surface area contributed by atoms with E-state index in [2.05, 4.69) is 10.3 Å². The Hall–Kier alpha value is -2.30. The van der Waals surface area contributed by atoms with E-state index in [0.717, 1.165) is 11.3 Å². The molecular weight excluding hydrogens is 390 g/mol. The van der Waals surface area contributed by atoms with Crippen molar-refractivity contribution in [2.75, 3.05) is 19.0 Å². The van der Waals surface area contributed by atoms with E-state index in [0.29, 0.717) is 0 Å². The fourth-order valence-corrected chi connectivity index (χ4v) is 4.13. The number of nitrogens with one attached hydrogen (secondary N) is 1. The number of ether oxygens (including phenoxy) is 1. The van der Waals surface area contributed by atoms with E-state index in [1.807, 2.05) is 0 Å². The molecule has 1 aromatic carbocycles. The molecule has 0 atom stereocenters. The van der Waals surface area contributed by atoms with Crippen molar-refractivity contribution in [2.45, 2.75) is 31.7 Å². The molecule has 0 aliphatic rings. The van der Waals surface area contributed by atoms with Crippen LogP contribution in [0.15, 0.2) is 34.5 Å². The van der Waals surface area contributed by atoms with Crippen molar-refractivity contribution in [1.82, 2.24) is 9.29 Å². The number of hydrogen-bond acceptors (Lipinski definition) is 7. The van der Waals surface area contributed by atoms with E-state index < -0.39 is 21.9 Å². The molecule has 8 nitrogen and oxygen atoms in total. The first-order chi connectivity index (χ1) is 12.7. The lowest BCUT2D eigenvalue weighted by Crippen LogP contribution is -2.33. The quantitative estimate of drug-likeness (QED) is 0.702. The van der Waals surface area contributed by atoms with Crippen LogP contribution in [-0.2, 0) is 14.8 Å². The van der Waals surface area contributed by atoms with Crippen LogP contribution < -0.4 is 5.32 Å². The Bertz CT molecular complexity index is 938. The van der Waals surface area contributed by atoms with Gasteiger partial charge in [0.15, 0.2) is 10.8 Å². The number of thiazole rings is 1. The number of anilines is 1. The molecule has 0 saturated heterocycles. The summed E-state index contributed by atoms with van der Waals surface area (Å²) in [5.41, 5.74) is 0.271. The predicted octanol–water partition coefficient (Wildman–Crippen LogP) is 2.60. The largest absolute Gasteiger partial charge is 0.461 e. The standard InChI is InChI=1S/C17H21N3O5S2/c1-5-25-16(22)14-10-26-17(18-14)19-15(21)12-7-6-8-13(9-12)27(23,24)20(4)11(2)3/h6-11H,5H2,1-4H3,(H,18,19,21). The van der Waals surface area contributed by atoms with Gasteiger partial charge in [-0.05, 0) is 39.0 Å². The minimum Gasteiger partial charge on any atom is -0.461 e. The molecule has 1 aromatic heterocycles. The normalized spacial score (nSPS) is 11.6. The molecule has 27 heavy (non-hydrogen) atoms. The second kappa shape index (κ2) is 8.59. The number of carbonyl (C=O) groups excluding carboxylic acids is 2. The van der Waals surface area contributed by atoms with E-state index in [1.165, 1.54) is 41.0 Å². The fourth-order valence-electron chi connectivity index (χ4n) is 2.04. The molecule has 1 amide bonds. The van der Waals surface area contributed by atoms with Gasteiger partial charge >= 0.3 is 5.97 Å². The molecule has 0 spiro atoms. The maximum atomic E-state index is 12.6. The van der Waals surface area contributed by atoms with Crippen molar-refractivity contribution >= 4 is 38.4 Å². The molecule has 0 saturated carbocycles. The topological polar surface area (TPSA) is 106 Å². The summed E-state index contributed by atoms with van der Waals surface area (Å²) in [6.07, 6.45) is 0. The van der Waals surface area contributed by atoms with Crippen molar-refractivity contribution in [2.24, 2.45) is 0 Å². The Balaban J connectivity index is 2.20. The van der Waals surface area contributed by atoms with Gasteiger partial charge in [0.2, 0.25) is 10.0 Å². The van der Waals surface area contributed by atoms with Crippen LogP contribution in [0.3, 0.4) is 0 Å². The third kappa shape index (κ3) is 4.90. The highest BCUT2D eigenvalue weighted by Crippen LogP contribution is 2.20. The Morgan fingerprint density at radius 3 is 2.67 bits per heavy atom. The predicted molar refractivity (Wildman–Crippen MR) is 103 cm³/mol. The molecule has 1 N–H and O–H groups in total. The maximum absolute atomic E-state index is 12.6. The molecule has 0 radical (unpaired) electrons. The van der Waals surface area contributed by atoms with E-state index in [4.69, 9.17) is 4.74 Å². The Morgan fingerprint density at radius 2 is 2.04 bits per heavy atom. The summed E-state index contributed by atoms with van der Waals surface area (Å²) in [6.45, 7) is 5.43. The first-order valence-electron chi connectivity index (χ1n) is 8.19. The van der Waals surface area contributed by atoms with Crippen molar-refractivity contribution in [3.8, 4) is 0 Å². The first-order valence-corrected chi connectivity index (χ1v) is 10.5. The van der Waals surface area contributed by atoms with Crippen LogP contribution >= 0.6 is 11.3 Å². The Kier molecular flexibility index (Phi) is 6.68. The van der Waals surface area contributed by atoms with Crippen LogP contribution in [0.2, 0.25) is 0 Å². The molecule has 0 unspecified atom stereocenters. The lowest BCUT2D eigenvalue weighted by molar-refractivity contribution is 0.0520. The highest BCUT2D eigenvalue weighted by atomic mass is 32.2. The smallest absolute Gasteiger partial charge is 0.357 e. The van der Waals surface area contributed by atoms with E-state index in [-0.39, 0.29) is 33.9 Å². The average Bonchev–Trinajstić information content (AvgIpc) is 3.09. The zero-order valence-electron chi connectivity index (χ0n) is 15.4. The van der Waals surface area contributed by atoms with Gasteiger partial charge in [-0.2, -0.15) is 4.31 Å². The fraction of sp³-hybridized carbons (Fsp3) is 0.353. The van der Waals surface area contributed by atoms with Crippen LogP contribution in [0.4, 0.5) is 5.13 Å². The van der Waals surface area contributed by atoms with E-state index in [1.54, 1.807) is 20.8 Å². The number of amides is 1. The van der Waals surface area contributed by atoms with Gasteiger partial charge in [0.05, 0.1) is 11.5 Å². The molecule has 1 heterocycles. The van der Waals surface area contributed by atoms with Crippen molar-refractivity contribution in [3.63, 3.8) is 0 Å². The molecule has 0 bridgehead atoms. The van der Waals surface area contributed by atoms with Crippen molar-refractivity contribution < 1.29 is 22.7 Å². The summed E-state index contributed by atoms with van der Waals surface area (Å²) in [5, 5.41) is 4.25. The molecular formula is C17H21N3O5S2. The number of carbonyl (C=O) groups is 2. The van der Waals surface area contributed by atoms with Crippen molar-refractivity contribution in [1.29, 1.82) is 0 Å². The van der Waals surface area contributed by atoms with Gasteiger partial charge in [0, 0.05) is 24.0 Å². The number of esters is 1. The van der Waals surface area contributed by atoms with Gasteiger partial charge in [0.25, 0.3) is 5.91 Å².